The average molecular weight is 460 g/mol. The van der Waals surface area contributed by atoms with E-state index in [2.05, 4.69) is 15.3 Å². The van der Waals surface area contributed by atoms with Gasteiger partial charge in [0.1, 0.15) is 0 Å². The Labute approximate surface area is 176 Å². The van der Waals surface area contributed by atoms with Crippen LogP contribution in [0.5, 0.6) is 0 Å². The molecule has 1 amide bonds. The number of nitrogens with one attached hydrogen (secondary N) is 1. The molecule has 162 valence electrons. The van der Waals surface area contributed by atoms with Crippen LogP contribution in [0, 0.1) is 0 Å². The minimum atomic E-state index is -5.00. The highest BCUT2D eigenvalue weighted by Crippen LogP contribution is 2.33. The molecular weight excluding hydrogens is 448 g/mol. The second kappa shape index (κ2) is 8.54. The van der Waals surface area contributed by atoms with Gasteiger partial charge in [-0.05, 0) is 23.8 Å². The standard InChI is InChI=1S/C20H12ClF6N3O/c21-15-4-2-1-3-12(15)9-29-18(31)14-10-28-17(30-16(14)20(25,26)27)11-5-7-13(8-6-11)19(22,23)24/h1-8,10H,9H2,(H,29,31). The number of carbonyl (C=O) groups excluding carboxylic acids is 1. The number of halogens is 7. The zero-order valence-electron chi connectivity index (χ0n) is 15.4. The zero-order chi connectivity index (χ0) is 22.8. The molecular formula is C20H12ClF6N3O. The smallest absolute Gasteiger partial charge is 0.348 e. The molecule has 1 heterocycles. The molecule has 0 aliphatic rings. The third-order valence-corrected chi connectivity index (χ3v) is 4.54. The number of carbonyl (C=O) groups is 1. The van der Waals surface area contributed by atoms with Crippen molar-refractivity contribution in [3.8, 4) is 11.4 Å². The van der Waals surface area contributed by atoms with Crippen molar-refractivity contribution in [3.63, 3.8) is 0 Å². The zero-order valence-corrected chi connectivity index (χ0v) is 16.1. The molecule has 0 unspecified atom stereocenters. The van der Waals surface area contributed by atoms with Crippen molar-refractivity contribution in [2.24, 2.45) is 0 Å². The number of benzene rings is 2. The van der Waals surface area contributed by atoms with Gasteiger partial charge in [-0.25, -0.2) is 9.97 Å². The minimum Gasteiger partial charge on any atom is -0.348 e. The molecule has 0 saturated carbocycles. The Bertz CT molecular complexity index is 1100. The van der Waals surface area contributed by atoms with Crippen molar-refractivity contribution in [1.82, 2.24) is 15.3 Å². The molecule has 0 bridgehead atoms. The van der Waals surface area contributed by atoms with E-state index in [1.165, 1.54) is 0 Å². The van der Waals surface area contributed by atoms with E-state index in [0.29, 0.717) is 28.9 Å². The Morgan fingerprint density at radius 2 is 1.58 bits per heavy atom. The molecule has 0 aliphatic heterocycles. The molecule has 1 N–H and O–H groups in total. The Kier molecular flexibility index (Phi) is 6.21. The average Bonchev–Trinajstić information content (AvgIpc) is 2.71. The van der Waals surface area contributed by atoms with E-state index in [4.69, 9.17) is 11.6 Å². The van der Waals surface area contributed by atoms with Gasteiger partial charge in [0.15, 0.2) is 11.5 Å². The van der Waals surface area contributed by atoms with Gasteiger partial charge in [0.05, 0.1) is 11.1 Å². The van der Waals surface area contributed by atoms with E-state index in [1.54, 1.807) is 24.3 Å². The Morgan fingerprint density at radius 3 is 2.16 bits per heavy atom. The van der Waals surface area contributed by atoms with Crippen LogP contribution in [0.2, 0.25) is 5.02 Å². The molecule has 3 aromatic rings. The lowest BCUT2D eigenvalue weighted by atomic mass is 10.1. The van der Waals surface area contributed by atoms with Gasteiger partial charge in [-0.15, -0.1) is 0 Å². The molecule has 0 saturated heterocycles. The first-order chi connectivity index (χ1) is 14.5. The van der Waals surface area contributed by atoms with Crippen molar-refractivity contribution in [1.29, 1.82) is 0 Å². The molecule has 0 atom stereocenters. The first-order valence-corrected chi connectivity index (χ1v) is 8.98. The lowest BCUT2D eigenvalue weighted by Gasteiger charge is -2.14. The lowest BCUT2D eigenvalue weighted by Crippen LogP contribution is -2.27. The summed E-state index contributed by atoms with van der Waals surface area (Å²) in [5.41, 5.74) is -2.87. The maximum atomic E-state index is 13.5. The van der Waals surface area contributed by atoms with E-state index in [9.17, 15) is 31.1 Å². The largest absolute Gasteiger partial charge is 0.434 e. The van der Waals surface area contributed by atoms with Crippen LogP contribution in [-0.4, -0.2) is 15.9 Å². The molecule has 1 aromatic heterocycles. The van der Waals surface area contributed by atoms with Crippen LogP contribution < -0.4 is 5.32 Å². The summed E-state index contributed by atoms with van der Waals surface area (Å²) >= 11 is 5.96. The quantitative estimate of drug-likeness (QED) is 0.504. The predicted octanol–water partition coefficient (Wildman–Crippen LogP) is 5.76. The highest BCUT2D eigenvalue weighted by Gasteiger charge is 2.38. The number of alkyl halides is 6. The van der Waals surface area contributed by atoms with Gasteiger partial charge in [-0.3, -0.25) is 4.79 Å². The van der Waals surface area contributed by atoms with Gasteiger partial charge in [0.25, 0.3) is 5.91 Å². The molecule has 31 heavy (non-hydrogen) atoms. The fourth-order valence-electron chi connectivity index (χ4n) is 2.62. The number of aromatic nitrogens is 2. The third kappa shape index (κ3) is 5.32. The maximum absolute atomic E-state index is 13.5. The van der Waals surface area contributed by atoms with Gasteiger partial charge in [-0.1, -0.05) is 41.9 Å². The monoisotopic (exact) mass is 459 g/mol. The Hall–Kier alpha value is -3.14. The minimum absolute atomic E-state index is 0.0680. The van der Waals surface area contributed by atoms with Gasteiger partial charge in [0, 0.05) is 23.3 Å². The number of hydrogen-bond acceptors (Lipinski definition) is 3. The highest BCUT2D eigenvalue weighted by molar-refractivity contribution is 6.31. The summed E-state index contributed by atoms with van der Waals surface area (Å²) in [5, 5.41) is 2.65. The van der Waals surface area contributed by atoms with Crippen molar-refractivity contribution in [3.05, 3.63) is 82.1 Å². The number of amides is 1. The van der Waals surface area contributed by atoms with E-state index in [-0.39, 0.29) is 12.1 Å². The van der Waals surface area contributed by atoms with Crippen LogP contribution in [0.15, 0.2) is 54.7 Å². The van der Waals surface area contributed by atoms with Crippen molar-refractivity contribution in [2.75, 3.05) is 0 Å². The van der Waals surface area contributed by atoms with Gasteiger partial charge >= 0.3 is 12.4 Å². The van der Waals surface area contributed by atoms with E-state index < -0.39 is 40.9 Å². The van der Waals surface area contributed by atoms with Crippen LogP contribution in [0.1, 0.15) is 27.2 Å². The fraction of sp³-hybridized carbons (Fsp3) is 0.150. The van der Waals surface area contributed by atoms with Crippen LogP contribution in [-0.2, 0) is 18.9 Å². The van der Waals surface area contributed by atoms with Crippen LogP contribution in [0.3, 0.4) is 0 Å². The van der Waals surface area contributed by atoms with Gasteiger partial charge in [0.2, 0.25) is 0 Å². The normalized spacial score (nSPS) is 12.0. The molecule has 11 heteroatoms. The van der Waals surface area contributed by atoms with Crippen LogP contribution in [0.25, 0.3) is 11.4 Å². The second-order valence-corrected chi connectivity index (χ2v) is 6.71. The second-order valence-electron chi connectivity index (χ2n) is 6.30. The van der Waals surface area contributed by atoms with E-state index in [1.807, 2.05) is 0 Å². The predicted molar refractivity (Wildman–Crippen MR) is 100 cm³/mol. The Morgan fingerprint density at radius 1 is 0.935 bits per heavy atom. The van der Waals surface area contributed by atoms with Crippen molar-refractivity contribution in [2.45, 2.75) is 18.9 Å². The molecule has 0 radical (unpaired) electrons. The summed E-state index contributed by atoms with van der Waals surface area (Å²) in [7, 11) is 0. The molecule has 0 aliphatic carbocycles. The Balaban J connectivity index is 1.90. The van der Waals surface area contributed by atoms with E-state index >= 15 is 0 Å². The molecule has 2 aromatic carbocycles. The SMILES string of the molecule is O=C(NCc1ccccc1Cl)c1cnc(-c2ccc(C(F)(F)F)cc2)nc1C(F)(F)F. The molecule has 3 rings (SSSR count). The topological polar surface area (TPSA) is 54.9 Å². The first-order valence-electron chi connectivity index (χ1n) is 8.60. The summed E-state index contributed by atoms with van der Waals surface area (Å²) in [6, 6.07) is 9.78. The number of hydrogen-bond donors (Lipinski definition) is 1. The molecule has 4 nitrogen and oxygen atoms in total. The lowest BCUT2D eigenvalue weighted by molar-refractivity contribution is -0.141. The summed E-state index contributed by atoms with van der Waals surface area (Å²) in [6.45, 7) is -0.129. The maximum Gasteiger partial charge on any atom is 0.434 e. The fourth-order valence-corrected chi connectivity index (χ4v) is 2.83. The van der Waals surface area contributed by atoms with Crippen LogP contribution in [0.4, 0.5) is 26.3 Å². The van der Waals surface area contributed by atoms with E-state index in [0.717, 1.165) is 12.1 Å². The summed E-state index contributed by atoms with van der Waals surface area (Å²) < 4.78 is 78.6. The number of nitrogens with zero attached hydrogens (tertiary/aromatic N) is 2. The number of rotatable bonds is 4. The van der Waals surface area contributed by atoms with Crippen molar-refractivity contribution >= 4 is 17.5 Å². The van der Waals surface area contributed by atoms with Crippen molar-refractivity contribution < 1.29 is 31.1 Å². The summed E-state index contributed by atoms with van der Waals surface area (Å²) in [5.74, 6) is -1.55. The molecule has 0 spiro atoms. The summed E-state index contributed by atoms with van der Waals surface area (Å²) in [6.07, 6.45) is -8.91. The summed E-state index contributed by atoms with van der Waals surface area (Å²) in [4.78, 5) is 19.5. The first kappa shape index (κ1) is 22.5. The highest BCUT2D eigenvalue weighted by atomic mass is 35.5. The van der Waals surface area contributed by atoms with Gasteiger partial charge in [-0.2, -0.15) is 26.3 Å². The third-order valence-electron chi connectivity index (χ3n) is 4.17. The molecule has 0 fully saturated rings. The van der Waals surface area contributed by atoms with Gasteiger partial charge < -0.3 is 5.32 Å². The van der Waals surface area contributed by atoms with Crippen LogP contribution >= 0.6 is 11.6 Å².